The van der Waals surface area contributed by atoms with Crippen molar-refractivity contribution in [2.45, 2.75) is 25.1 Å². The quantitative estimate of drug-likeness (QED) is 0.864. The van der Waals surface area contributed by atoms with E-state index in [-0.39, 0.29) is 12.0 Å². The molecule has 1 aliphatic rings. The molecule has 0 radical (unpaired) electrons. The van der Waals surface area contributed by atoms with Crippen molar-refractivity contribution in [1.82, 2.24) is 5.32 Å². The lowest BCUT2D eigenvalue weighted by molar-refractivity contribution is -0.137. The molecule has 1 atom stereocenters. The summed E-state index contributed by atoms with van der Waals surface area (Å²) in [5.74, 6) is 1.02. The minimum Gasteiger partial charge on any atom is -0.485 e. The lowest BCUT2D eigenvalue weighted by Gasteiger charge is -2.31. The Bertz CT molecular complexity index is 634. The van der Waals surface area contributed by atoms with E-state index < -0.39 is 11.7 Å². The van der Waals surface area contributed by atoms with Gasteiger partial charge in [-0.05, 0) is 55.8 Å². The molecule has 1 fully saturated rings. The van der Waals surface area contributed by atoms with E-state index in [9.17, 15) is 13.2 Å². The minimum atomic E-state index is -4.32. The van der Waals surface area contributed by atoms with Gasteiger partial charge in [0.2, 0.25) is 0 Å². The lowest BCUT2D eigenvalue weighted by Crippen LogP contribution is -2.32. The van der Waals surface area contributed by atoms with Crippen LogP contribution >= 0.6 is 0 Å². The molecule has 0 spiro atoms. The molecule has 1 N–H and O–H groups in total. The van der Waals surface area contributed by atoms with Gasteiger partial charge in [0, 0.05) is 5.92 Å². The van der Waals surface area contributed by atoms with Crippen molar-refractivity contribution >= 4 is 0 Å². The van der Waals surface area contributed by atoms with Gasteiger partial charge in [-0.1, -0.05) is 30.3 Å². The Morgan fingerprint density at radius 2 is 1.54 bits per heavy atom. The Balaban J connectivity index is 1.85. The summed E-state index contributed by atoms with van der Waals surface area (Å²) < 4.78 is 44.5. The van der Waals surface area contributed by atoms with Gasteiger partial charge in [0.15, 0.2) is 0 Å². The van der Waals surface area contributed by atoms with Crippen LogP contribution in [0, 0.1) is 5.92 Å². The zero-order chi connectivity index (χ0) is 17.0. The molecule has 2 nitrogen and oxygen atoms in total. The summed E-state index contributed by atoms with van der Waals surface area (Å²) >= 11 is 0. The van der Waals surface area contributed by atoms with Gasteiger partial charge in [0.25, 0.3) is 0 Å². The van der Waals surface area contributed by atoms with Crippen molar-refractivity contribution < 1.29 is 17.9 Å². The van der Waals surface area contributed by atoms with Crippen LogP contribution in [0.4, 0.5) is 13.2 Å². The first-order chi connectivity index (χ1) is 11.5. The average molecular weight is 335 g/mol. The van der Waals surface area contributed by atoms with E-state index in [0.717, 1.165) is 49.4 Å². The van der Waals surface area contributed by atoms with Crippen LogP contribution in [-0.4, -0.2) is 13.1 Å². The van der Waals surface area contributed by atoms with E-state index in [2.05, 4.69) is 5.32 Å². The molecular formula is C19H20F3NO. The van der Waals surface area contributed by atoms with Crippen molar-refractivity contribution in [3.05, 3.63) is 65.7 Å². The standard InChI is InChI=1S/C19H20F3NO/c20-19(21,22)16-8-6-14(7-9-16)18(15-10-12-23-13-11-15)24-17-4-2-1-3-5-17/h1-9,15,18,23H,10-13H2/t18-/m0/s1. The van der Waals surface area contributed by atoms with Crippen LogP contribution in [0.1, 0.15) is 30.1 Å². The van der Waals surface area contributed by atoms with E-state index >= 15 is 0 Å². The molecule has 3 rings (SSSR count). The number of piperidine rings is 1. The molecule has 1 saturated heterocycles. The van der Waals surface area contributed by atoms with Gasteiger partial charge in [-0.3, -0.25) is 0 Å². The Morgan fingerprint density at radius 1 is 0.917 bits per heavy atom. The molecule has 2 aromatic carbocycles. The van der Waals surface area contributed by atoms with Crippen LogP contribution in [0.25, 0.3) is 0 Å². The van der Waals surface area contributed by atoms with Crippen molar-refractivity contribution in [2.24, 2.45) is 5.92 Å². The van der Waals surface area contributed by atoms with Gasteiger partial charge in [-0.2, -0.15) is 13.2 Å². The van der Waals surface area contributed by atoms with Gasteiger partial charge in [0.05, 0.1) is 5.56 Å². The second kappa shape index (κ2) is 7.26. The van der Waals surface area contributed by atoms with Crippen LogP contribution in [0.2, 0.25) is 0 Å². The number of hydrogen-bond acceptors (Lipinski definition) is 2. The van der Waals surface area contributed by atoms with Gasteiger partial charge < -0.3 is 10.1 Å². The number of nitrogens with one attached hydrogen (secondary N) is 1. The molecule has 1 aliphatic heterocycles. The second-order valence-electron chi connectivity index (χ2n) is 6.06. The predicted octanol–water partition coefficient (Wildman–Crippen LogP) is 4.83. The summed E-state index contributed by atoms with van der Waals surface area (Å²) in [5, 5.41) is 3.31. The van der Waals surface area contributed by atoms with E-state index in [0.29, 0.717) is 0 Å². The molecule has 2 aromatic rings. The number of ether oxygens (including phenoxy) is 1. The van der Waals surface area contributed by atoms with Gasteiger partial charge >= 0.3 is 6.18 Å². The van der Waals surface area contributed by atoms with E-state index in [1.54, 1.807) is 12.1 Å². The first kappa shape index (κ1) is 16.8. The summed E-state index contributed by atoms with van der Waals surface area (Å²) in [6.45, 7) is 1.81. The van der Waals surface area contributed by atoms with Gasteiger partial charge in [-0.15, -0.1) is 0 Å². The topological polar surface area (TPSA) is 21.3 Å². The van der Waals surface area contributed by atoms with Gasteiger partial charge in [0.1, 0.15) is 11.9 Å². The molecule has 0 unspecified atom stereocenters. The number of alkyl halides is 3. The number of halogens is 3. The Hall–Kier alpha value is -2.01. The Labute approximate surface area is 139 Å². The van der Waals surface area contributed by atoms with Crippen molar-refractivity contribution in [2.75, 3.05) is 13.1 Å². The average Bonchev–Trinajstić information content (AvgIpc) is 2.61. The van der Waals surface area contributed by atoms with Crippen molar-refractivity contribution in [3.8, 4) is 5.75 Å². The fraction of sp³-hybridized carbons (Fsp3) is 0.368. The first-order valence-electron chi connectivity index (χ1n) is 8.13. The third-order valence-corrected chi connectivity index (χ3v) is 4.38. The van der Waals surface area contributed by atoms with Crippen molar-refractivity contribution in [1.29, 1.82) is 0 Å². The zero-order valence-electron chi connectivity index (χ0n) is 13.2. The highest BCUT2D eigenvalue weighted by molar-refractivity contribution is 5.29. The van der Waals surface area contributed by atoms with Crippen LogP contribution in [-0.2, 0) is 6.18 Å². The maximum atomic E-state index is 12.8. The van der Waals surface area contributed by atoms with E-state index in [1.165, 1.54) is 0 Å². The molecule has 24 heavy (non-hydrogen) atoms. The molecule has 0 saturated carbocycles. The van der Waals surface area contributed by atoms with Crippen LogP contribution in [0.15, 0.2) is 54.6 Å². The second-order valence-corrected chi connectivity index (χ2v) is 6.06. The molecule has 0 aliphatic carbocycles. The summed E-state index contributed by atoms with van der Waals surface area (Å²) in [7, 11) is 0. The maximum absolute atomic E-state index is 12.8. The van der Waals surface area contributed by atoms with Crippen LogP contribution in [0.3, 0.4) is 0 Å². The number of benzene rings is 2. The number of para-hydroxylation sites is 1. The molecular weight excluding hydrogens is 315 g/mol. The minimum absolute atomic E-state index is 0.239. The summed E-state index contributed by atoms with van der Waals surface area (Å²) in [4.78, 5) is 0. The third kappa shape index (κ3) is 4.09. The third-order valence-electron chi connectivity index (χ3n) is 4.38. The Kier molecular flexibility index (Phi) is 5.09. The fourth-order valence-electron chi connectivity index (χ4n) is 3.09. The highest BCUT2D eigenvalue weighted by Gasteiger charge is 2.31. The lowest BCUT2D eigenvalue weighted by atomic mass is 9.87. The maximum Gasteiger partial charge on any atom is 0.416 e. The molecule has 0 amide bonds. The normalized spacial score (nSPS) is 17.5. The van der Waals surface area contributed by atoms with Crippen LogP contribution < -0.4 is 10.1 Å². The monoisotopic (exact) mass is 335 g/mol. The Morgan fingerprint density at radius 3 is 2.12 bits per heavy atom. The molecule has 1 heterocycles. The predicted molar refractivity (Wildman–Crippen MR) is 86.8 cm³/mol. The number of rotatable bonds is 4. The van der Waals surface area contributed by atoms with E-state index in [1.807, 2.05) is 30.3 Å². The fourth-order valence-corrected chi connectivity index (χ4v) is 3.09. The summed E-state index contributed by atoms with van der Waals surface area (Å²) in [6, 6.07) is 14.8. The molecule has 128 valence electrons. The van der Waals surface area contributed by atoms with E-state index in [4.69, 9.17) is 4.74 Å². The molecule has 0 aromatic heterocycles. The summed E-state index contributed by atoms with van der Waals surface area (Å²) in [5.41, 5.74) is 0.161. The first-order valence-corrected chi connectivity index (χ1v) is 8.13. The van der Waals surface area contributed by atoms with Crippen molar-refractivity contribution in [3.63, 3.8) is 0 Å². The van der Waals surface area contributed by atoms with Gasteiger partial charge in [-0.25, -0.2) is 0 Å². The smallest absolute Gasteiger partial charge is 0.416 e. The highest BCUT2D eigenvalue weighted by Crippen LogP contribution is 2.35. The molecule has 5 heteroatoms. The van der Waals surface area contributed by atoms with Crippen LogP contribution in [0.5, 0.6) is 5.75 Å². The summed E-state index contributed by atoms with van der Waals surface area (Å²) in [6.07, 6.45) is -2.67. The largest absolute Gasteiger partial charge is 0.485 e. The highest BCUT2D eigenvalue weighted by atomic mass is 19.4. The number of hydrogen-bond donors (Lipinski definition) is 1. The molecule has 0 bridgehead atoms. The SMILES string of the molecule is FC(F)(F)c1ccc([C@H](Oc2ccccc2)C2CCNCC2)cc1. The zero-order valence-corrected chi connectivity index (χ0v) is 13.2.